The minimum atomic E-state index is -1.13. The molecular weight excluding hydrogens is 316 g/mol. The van der Waals surface area contributed by atoms with Crippen LogP contribution in [-0.4, -0.2) is 28.4 Å². The van der Waals surface area contributed by atoms with Crippen molar-refractivity contribution in [1.29, 1.82) is 5.41 Å². The molecule has 1 unspecified atom stereocenters. The van der Waals surface area contributed by atoms with Crippen LogP contribution in [0.2, 0.25) is 0 Å². The third-order valence-corrected chi connectivity index (χ3v) is 2.85. The number of ether oxygens (including phenoxy) is 2. The zero-order chi connectivity index (χ0) is 17.6. The predicted molar refractivity (Wildman–Crippen MR) is 90.9 cm³/mol. The maximum atomic E-state index is 12.1. The standard InChI is InChI=1S/C16H20N2O4S/c1-10(17)12(14(19)22-16(2,3)4)13(23)18-15(20)21-11-8-6-5-7-9-11/h5-9,12,17H,1-4H3,(H,18,20,23). The monoisotopic (exact) mass is 336 g/mol. The van der Waals surface area contributed by atoms with Crippen molar-refractivity contribution in [2.45, 2.75) is 33.3 Å². The molecule has 6 nitrogen and oxygen atoms in total. The van der Waals surface area contributed by atoms with Gasteiger partial charge in [0.25, 0.3) is 0 Å². The van der Waals surface area contributed by atoms with Crippen molar-refractivity contribution >= 4 is 35.0 Å². The molecule has 0 saturated heterocycles. The smallest absolute Gasteiger partial charge is 0.417 e. The van der Waals surface area contributed by atoms with Gasteiger partial charge in [0, 0.05) is 5.71 Å². The van der Waals surface area contributed by atoms with E-state index in [9.17, 15) is 9.59 Å². The quantitative estimate of drug-likeness (QED) is 0.501. The summed E-state index contributed by atoms with van der Waals surface area (Å²) < 4.78 is 10.3. The fourth-order valence-corrected chi connectivity index (χ4v) is 1.99. The van der Waals surface area contributed by atoms with E-state index >= 15 is 0 Å². The highest BCUT2D eigenvalue weighted by Gasteiger charge is 2.31. The van der Waals surface area contributed by atoms with Crippen LogP contribution in [0.5, 0.6) is 5.75 Å². The number of rotatable bonds is 4. The minimum Gasteiger partial charge on any atom is -0.459 e. The normalized spacial score (nSPS) is 12.0. The van der Waals surface area contributed by atoms with Crippen molar-refractivity contribution in [2.75, 3.05) is 0 Å². The molecule has 0 saturated carbocycles. The summed E-state index contributed by atoms with van der Waals surface area (Å²) in [5, 5.41) is 10.0. The second-order valence-electron chi connectivity index (χ2n) is 5.84. The van der Waals surface area contributed by atoms with Crippen LogP contribution in [-0.2, 0) is 9.53 Å². The molecule has 1 amide bonds. The van der Waals surface area contributed by atoms with E-state index in [1.807, 2.05) is 0 Å². The molecule has 2 N–H and O–H groups in total. The first-order chi connectivity index (χ1) is 10.6. The number of hydrogen-bond acceptors (Lipinski definition) is 6. The zero-order valence-electron chi connectivity index (χ0n) is 13.5. The molecule has 7 heteroatoms. The van der Waals surface area contributed by atoms with Gasteiger partial charge < -0.3 is 14.9 Å². The van der Waals surface area contributed by atoms with Crippen LogP contribution in [0.15, 0.2) is 30.3 Å². The van der Waals surface area contributed by atoms with Crippen molar-refractivity contribution < 1.29 is 19.1 Å². The van der Waals surface area contributed by atoms with Crippen LogP contribution >= 0.6 is 12.2 Å². The number of hydrogen-bond donors (Lipinski definition) is 2. The number of thiocarbonyl (C=S) groups is 1. The highest BCUT2D eigenvalue weighted by atomic mass is 32.1. The molecule has 1 aromatic carbocycles. The summed E-state index contributed by atoms with van der Waals surface area (Å²) in [5.41, 5.74) is -0.741. The first kappa shape index (κ1) is 18.8. The van der Waals surface area contributed by atoms with Gasteiger partial charge in [0.05, 0.1) is 0 Å². The first-order valence-electron chi connectivity index (χ1n) is 6.96. The Labute approximate surface area is 140 Å². The molecule has 0 fully saturated rings. The van der Waals surface area contributed by atoms with E-state index in [1.54, 1.807) is 51.1 Å². The Morgan fingerprint density at radius 2 is 1.78 bits per heavy atom. The van der Waals surface area contributed by atoms with Crippen LogP contribution in [0.25, 0.3) is 0 Å². The SMILES string of the molecule is CC(=N)C(C(=O)OC(C)(C)C)C(=S)NC(=O)Oc1ccccc1. The van der Waals surface area contributed by atoms with Gasteiger partial charge in [0.2, 0.25) is 0 Å². The van der Waals surface area contributed by atoms with E-state index < -0.39 is 23.6 Å². The summed E-state index contributed by atoms with van der Waals surface area (Å²) in [6, 6.07) is 8.43. The van der Waals surface area contributed by atoms with Crippen molar-refractivity contribution in [3.05, 3.63) is 30.3 Å². The molecule has 1 rings (SSSR count). The predicted octanol–water partition coefficient (Wildman–Crippen LogP) is 3.10. The molecule has 0 radical (unpaired) electrons. The van der Waals surface area contributed by atoms with Crippen LogP contribution in [0.1, 0.15) is 27.7 Å². The fraction of sp³-hybridized carbons (Fsp3) is 0.375. The second kappa shape index (κ2) is 7.82. The van der Waals surface area contributed by atoms with Gasteiger partial charge in [-0.15, -0.1) is 0 Å². The molecule has 124 valence electrons. The van der Waals surface area contributed by atoms with Crippen LogP contribution in [0, 0.1) is 11.3 Å². The third-order valence-electron chi connectivity index (χ3n) is 2.52. The van der Waals surface area contributed by atoms with Gasteiger partial charge in [-0.25, -0.2) is 4.79 Å². The number of para-hydroxylation sites is 1. The summed E-state index contributed by atoms with van der Waals surface area (Å²) in [4.78, 5) is 23.8. The number of amides is 1. The Balaban J connectivity index is 2.73. The maximum Gasteiger partial charge on any atom is 0.417 e. The summed E-state index contributed by atoms with van der Waals surface area (Å²) in [6.45, 7) is 6.55. The van der Waals surface area contributed by atoms with Crippen LogP contribution in [0.4, 0.5) is 4.79 Å². The van der Waals surface area contributed by atoms with Crippen LogP contribution in [0.3, 0.4) is 0 Å². The van der Waals surface area contributed by atoms with Gasteiger partial charge in [-0.1, -0.05) is 30.4 Å². The topological polar surface area (TPSA) is 88.5 Å². The number of carbonyl (C=O) groups excluding carboxylic acids is 2. The minimum absolute atomic E-state index is 0.0238. The summed E-state index contributed by atoms with van der Waals surface area (Å²) in [6.07, 6.45) is -0.823. The van der Waals surface area contributed by atoms with Crippen molar-refractivity contribution in [3.8, 4) is 5.75 Å². The third kappa shape index (κ3) is 6.56. The largest absolute Gasteiger partial charge is 0.459 e. The molecule has 0 bridgehead atoms. The Bertz CT molecular complexity index is 608. The molecule has 1 aromatic rings. The summed E-state index contributed by atoms with van der Waals surface area (Å²) in [7, 11) is 0. The molecule has 0 aliphatic carbocycles. The highest BCUT2D eigenvalue weighted by molar-refractivity contribution is 7.80. The number of benzene rings is 1. The molecule has 0 aliphatic heterocycles. The zero-order valence-corrected chi connectivity index (χ0v) is 14.3. The molecule has 23 heavy (non-hydrogen) atoms. The van der Waals surface area contributed by atoms with Crippen LogP contribution < -0.4 is 10.1 Å². The Morgan fingerprint density at radius 3 is 2.26 bits per heavy atom. The van der Waals surface area contributed by atoms with Gasteiger partial charge in [0.15, 0.2) is 0 Å². The van der Waals surface area contributed by atoms with Gasteiger partial charge in [0.1, 0.15) is 22.3 Å². The molecule has 0 spiro atoms. The lowest BCUT2D eigenvalue weighted by molar-refractivity contribution is -0.155. The molecule has 0 heterocycles. The molecule has 1 atom stereocenters. The van der Waals surface area contributed by atoms with Crippen molar-refractivity contribution in [2.24, 2.45) is 5.92 Å². The number of carbonyl (C=O) groups is 2. The second-order valence-corrected chi connectivity index (χ2v) is 6.28. The van der Waals surface area contributed by atoms with Crippen molar-refractivity contribution in [1.82, 2.24) is 5.32 Å². The van der Waals surface area contributed by atoms with Gasteiger partial charge in [-0.05, 0) is 39.8 Å². The Hall–Kier alpha value is -2.28. The number of esters is 1. The lowest BCUT2D eigenvalue weighted by Gasteiger charge is -2.24. The average Bonchev–Trinajstić information content (AvgIpc) is 2.36. The van der Waals surface area contributed by atoms with E-state index in [0.29, 0.717) is 5.75 Å². The van der Waals surface area contributed by atoms with Gasteiger partial charge in [-0.2, -0.15) is 0 Å². The fourth-order valence-electron chi connectivity index (χ4n) is 1.64. The van der Waals surface area contributed by atoms with E-state index in [2.05, 4.69) is 5.32 Å². The Kier molecular flexibility index (Phi) is 6.38. The average molecular weight is 336 g/mol. The van der Waals surface area contributed by atoms with E-state index in [-0.39, 0.29) is 10.7 Å². The van der Waals surface area contributed by atoms with Gasteiger partial charge >= 0.3 is 12.1 Å². The van der Waals surface area contributed by atoms with Gasteiger partial charge in [-0.3, -0.25) is 10.1 Å². The maximum absolute atomic E-state index is 12.1. The van der Waals surface area contributed by atoms with E-state index in [0.717, 1.165) is 0 Å². The lowest BCUT2D eigenvalue weighted by Crippen LogP contribution is -2.44. The lowest BCUT2D eigenvalue weighted by atomic mass is 10.0. The molecule has 0 aromatic heterocycles. The molecular formula is C16H20N2O4S. The summed E-state index contributed by atoms with van der Waals surface area (Å²) >= 11 is 5.06. The highest BCUT2D eigenvalue weighted by Crippen LogP contribution is 2.14. The summed E-state index contributed by atoms with van der Waals surface area (Å²) in [5.74, 6) is -1.48. The Morgan fingerprint density at radius 1 is 1.22 bits per heavy atom. The van der Waals surface area contributed by atoms with E-state index in [1.165, 1.54) is 6.92 Å². The van der Waals surface area contributed by atoms with E-state index in [4.69, 9.17) is 27.1 Å². The first-order valence-corrected chi connectivity index (χ1v) is 7.36. The molecule has 0 aliphatic rings. The van der Waals surface area contributed by atoms with Crippen molar-refractivity contribution in [3.63, 3.8) is 0 Å². The number of nitrogens with one attached hydrogen (secondary N) is 2.